The molecule has 4 nitrogen and oxygen atoms in total. The van der Waals surface area contributed by atoms with Crippen LogP contribution in [0.5, 0.6) is 0 Å². The molecule has 1 saturated carbocycles. The van der Waals surface area contributed by atoms with E-state index in [1.54, 1.807) is 0 Å². The quantitative estimate of drug-likeness (QED) is 0.878. The number of halogens is 1. The Morgan fingerprint density at radius 3 is 2.81 bits per heavy atom. The van der Waals surface area contributed by atoms with Crippen molar-refractivity contribution >= 4 is 27.5 Å². The Morgan fingerprint density at radius 1 is 1.29 bits per heavy atom. The normalized spacial score (nSPS) is 28.9. The van der Waals surface area contributed by atoms with E-state index < -0.39 is 0 Å². The fourth-order valence-electron chi connectivity index (χ4n) is 3.38. The lowest BCUT2D eigenvalue weighted by Crippen LogP contribution is -2.40. The number of benzene rings is 1. The molecule has 0 spiro atoms. The van der Waals surface area contributed by atoms with Crippen molar-refractivity contribution in [2.45, 2.75) is 37.8 Å². The molecule has 0 bridgehead atoms. The second kappa shape index (κ2) is 6.36. The lowest BCUT2D eigenvalue weighted by Gasteiger charge is -2.21. The van der Waals surface area contributed by atoms with E-state index in [1.165, 1.54) is 5.69 Å². The van der Waals surface area contributed by atoms with Crippen LogP contribution in [0, 0.1) is 5.92 Å². The Labute approximate surface area is 134 Å². The van der Waals surface area contributed by atoms with Crippen molar-refractivity contribution in [2.75, 3.05) is 18.0 Å². The van der Waals surface area contributed by atoms with Gasteiger partial charge < -0.3 is 16.0 Å². The van der Waals surface area contributed by atoms with E-state index >= 15 is 0 Å². The smallest absolute Gasteiger partial charge is 0.223 e. The van der Waals surface area contributed by atoms with Gasteiger partial charge in [0.05, 0.1) is 5.69 Å². The van der Waals surface area contributed by atoms with Crippen molar-refractivity contribution in [3.63, 3.8) is 0 Å². The molecule has 1 saturated heterocycles. The molecule has 1 amide bonds. The third-order valence-electron chi connectivity index (χ3n) is 4.57. The zero-order chi connectivity index (χ0) is 14.8. The molecule has 3 N–H and O–H groups in total. The third-order valence-corrected chi connectivity index (χ3v) is 5.24. The van der Waals surface area contributed by atoms with Crippen LogP contribution in [-0.4, -0.2) is 31.1 Å². The van der Waals surface area contributed by atoms with Gasteiger partial charge in [0, 0.05) is 35.6 Å². The summed E-state index contributed by atoms with van der Waals surface area (Å²) >= 11 is 3.59. The van der Waals surface area contributed by atoms with Gasteiger partial charge in [0.15, 0.2) is 0 Å². The van der Waals surface area contributed by atoms with Gasteiger partial charge in [-0.15, -0.1) is 0 Å². The molecular weight excluding hydrogens is 330 g/mol. The Balaban J connectivity index is 1.55. The summed E-state index contributed by atoms with van der Waals surface area (Å²) in [5, 5.41) is 3.21. The average molecular weight is 352 g/mol. The topological polar surface area (TPSA) is 58.4 Å². The number of carbonyl (C=O) groups is 1. The summed E-state index contributed by atoms with van der Waals surface area (Å²) in [6.45, 7) is 1.87. The SMILES string of the molecule is N[C@@H]1CC[C@H](C(=O)N[C@H]2CCN(c3ccccc3Br)C2)C1. The first-order valence-electron chi connectivity index (χ1n) is 7.69. The molecule has 21 heavy (non-hydrogen) atoms. The molecule has 5 heteroatoms. The molecule has 1 aliphatic heterocycles. The summed E-state index contributed by atoms with van der Waals surface area (Å²) in [6, 6.07) is 8.70. The van der Waals surface area contributed by atoms with Gasteiger partial charge >= 0.3 is 0 Å². The number of anilines is 1. The highest BCUT2D eigenvalue weighted by molar-refractivity contribution is 9.10. The van der Waals surface area contributed by atoms with E-state index in [4.69, 9.17) is 5.73 Å². The minimum atomic E-state index is 0.123. The second-order valence-corrected chi connectivity index (χ2v) is 7.02. The molecule has 3 atom stereocenters. The van der Waals surface area contributed by atoms with Gasteiger partial charge in [0.2, 0.25) is 5.91 Å². The molecule has 1 aromatic rings. The molecule has 0 radical (unpaired) electrons. The van der Waals surface area contributed by atoms with Gasteiger partial charge in [-0.25, -0.2) is 0 Å². The largest absolute Gasteiger partial charge is 0.368 e. The van der Waals surface area contributed by atoms with Crippen LogP contribution in [0.2, 0.25) is 0 Å². The highest BCUT2D eigenvalue weighted by atomic mass is 79.9. The van der Waals surface area contributed by atoms with Gasteiger partial charge in [-0.1, -0.05) is 12.1 Å². The highest BCUT2D eigenvalue weighted by Gasteiger charge is 2.31. The van der Waals surface area contributed by atoms with Crippen molar-refractivity contribution in [1.82, 2.24) is 5.32 Å². The maximum Gasteiger partial charge on any atom is 0.223 e. The minimum absolute atomic E-state index is 0.123. The van der Waals surface area contributed by atoms with Gasteiger partial charge in [-0.2, -0.15) is 0 Å². The maximum atomic E-state index is 12.3. The molecule has 1 aromatic carbocycles. The Kier molecular flexibility index (Phi) is 4.50. The summed E-state index contributed by atoms with van der Waals surface area (Å²) in [6.07, 6.45) is 3.76. The molecular formula is C16H22BrN3O. The van der Waals surface area contributed by atoms with Crippen molar-refractivity contribution in [3.05, 3.63) is 28.7 Å². The first-order chi connectivity index (χ1) is 10.1. The van der Waals surface area contributed by atoms with E-state index in [-0.39, 0.29) is 23.9 Å². The Morgan fingerprint density at radius 2 is 2.10 bits per heavy atom. The molecule has 114 valence electrons. The second-order valence-electron chi connectivity index (χ2n) is 6.16. The molecule has 3 rings (SSSR count). The minimum Gasteiger partial charge on any atom is -0.368 e. The molecule has 0 unspecified atom stereocenters. The van der Waals surface area contributed by atoms with Gasteiger partial charge in [-0.05, 0) is 53.7 Å². The number of para-hydroxylation sites is 1. The molecule has 2 aliphatic rings. The van der Waals surface area contributed by atoms with Crippen LogP contribution in [0.4, 0.5) is 5.69 Å². The van der Waals surface area contributed by atoms with Crippen LogP contribution < -0.4 is 16.0 Å². The Bertz CT molecular complexity index is 522. The van der Waals surface area contributed by atoms with E-state index in [0.29, 0.717) is 0 Å². The van der Waals surface area contributed by atoms with E-state index in [1.807, 2.05) is 12.1 Å². The summed E-state index contributed by atoms with van der Waals surface area (Å²) in [5.74, 6) is 0.319. The lowest BCUT2D eigenvalue weighted by atomic mass is 10.1. The fourth-order valence-corrected chi connectivity index (χ4v) is 3.91. The van der Waals surface area contributed by atoms with E-state index in [0.717, 1.165) is 43.2 Å². The first kappa shape index (κ1) is 14.9. The van der Waals surface area contributed by atoms with Crippen LogP contribution in [0.3, 0.4) is 0 Å². The van der Waals surface area contributed by atoms with Crippen LogP contribution in [-0.2, 0) is 4.79 Å². The monoisotopic (exact) mass is 351 g/mol. The zero-order valence-corrected chi connectivity index (χ0v) is 13.7. The molecule has 1 aliphatic carbocycles. The third kappa shape index (κ3) is 3.40. The number of hydrogen-bond acceptors (Lipinski definition) is 3. The number of rotatable bonds is 3. The maximum absolute atomic E-state index is 12.3. The van der Waals surface area contributed by atoms with Crippen LogP contribution in [0.15, 0.2) is 28.7 Å². The lowest BCUT2D eigenvalue weighted by molar-refractivity contribution is -0.125. The number of nitrogens with two attached hydrogens (primary N) is 1. The van der Waals surface area contributed by atoms with Crippen LogP contribution in [0.1, 0.15) is 25.7 Å². The Hall–Kier alpha value is -1.07. The number of nitrogens with zero attached hydrogens (tertiary/aromatic N) is 1. The van der Waals surface area contributed by atoms with Gasteiger partial charge in [0.25, 0.3) is 0 Å². The summed E-state index contributed by atoms with van der Waals surface area (Å²) in [4.78, 5) is 14.6. The molecule has 2 fully saturated rings. The number of hydrogen-bond donors (Lipinski definition) is 2. The van der Waals surface area contributed by atoms with Crippen molar-refractivity contribution in [2.24, 2.45) is 11.7 Å². The molecule has 1 heterocycles. The van der Waals surface area contributed by atoms with Crippen molar-refractivity contribution in [3.8, 4) is 0 Å². The van der Waals surface area contributed by atoms with E-state index in [2.05, 4.69) is 38.3 Å². The predicted molar refractivity (Wildman–Crippen MR) is 88.2 cm³/mol. The standard InChI is InChI=1S/C16H22BrN3O/c17-14-3-1-2-4-15(14)20-8-7-13(10-20)19-16(21)11-5-6-12(18)9-11/h1-4,11-13H,5-10,18H2,(H,19,21)/t11-,12+,13-/m0/s1. The summed E-state index contributed by atoms with van der Waals surface area (Å²) in [5.41, 5.74) is 7.10. The zero-order valence-electron chi connectivity index (χ0n) is 12.1. The van der Waals surface area contributed by atoms with Crippen LogP contribution >= 0.6 is 15.9 Å². The summed E-state index contributed by atoms with van der Waals surface area (Å²) < 4.78 is 1.11. The first-order valence-corrected chi connectivity index (χ1v) is 8.48. The average Bonchev–Trinajstić information content (AvgIpc) is 3.08. The van der Waals surface area contributed by atoms with Crippen molar-refractivity contribution < 1.29 is 4.79 Å². The van der Waals surface area contributed by atoms with Gasteiger partial charge in [0.1, 0.15) is 0 Å². The van der Waals surface area contributed by atoms with Gasteiger partial charge in [-0.3, -0.25) is 4.79 Å². The highest BCUT2D eigenvalue weighted by Crippen LogP contribution is 2.29. The van der Waals surface area contributed by atoms with E-state index in [9.17, 15) is 4.79 Å². The number of amides is 1. The summed E-state index contributed by atoms with van der Waals surface area (Å²) in [7, 11) is 0. The van der Waals surface area contributed by atoms with Crippen molar-refractivity contribution in [1.29, 1.82) is 0 Å². The fraction of sp³-hybridized carbons (Fsp3) is 0.562. The number of carbonyl (C=O) groups excluding carboxylic acids is 1. The van der Waals surface area contributed by atoms with Crippen LogP contribution in [0.25, 0.3) is 0 Å². The number of nitrogens with one attached hydrogen (secondary N) is 1. The molecule has 0 aromatic heterocycles. The predicted octanol–water partition coefficient (Wildman–Crippen LogP) is 2.27.